The molecule has 0 saturated heterocycles. The number of aromatic carboxylic acids is 1. The summed E-state index contributed by atoms with van der Waals surface area (Å²) >= 11 is 0. The highest BCUT2D eigenvalue weighted by molar-refractivity contribution is 6.47. The van der Waals surface area contributed by atoms with E-state index in [9.17, 15) is 24.5 Å². The van der Waals surface area contributed by atoms with Crippen LogP contribution in [0.2, 0.25) is 0 Å². The molecule has 2 amide bonds. The van der Waals surface area contributed by atoms with Gasteiger partial charge in [0.05, 0.1) is 18.0 Å². The fourth-order valence-electron chi connectivity index (χ4n) is 4.49. The number of amides is 2. The van der Waals surface area contributed by atoms with Crippen molar-refractivity contribution in [1.29, 1.82) is 0 Å². The van der Waals surface area contributed by atoms with Crippen LogP contribution >= 0.6 is 0 Å². The summed E-state index contributed by atoms with van der Waals surface area (Å²) in [7, 11) is 2.43. The molecule has 9 nitrogen and oxygen atoms in total. The molecule has 3 rings (SSSR count). The maximum absolute atomic E-state index is 12.6. The Balaban J connectivity index is 1.43. The first kappa shape index (κ1) is 24.1. The van der Waals surface area contributed by atoms with E-state index < -0.39 is 19.0 Å². The zero-order chi connectivity index (χ0) is 23.3. The van der Waals surface area contributed by atoms with Gasteiger partial charge in [-0.25, -0.2) is 4.79 Å². The summed E-state index contributed by atoms with van der Waals surface area (Å²) in [5, 5.41) is 25.4. The Morgan fingerprint density at radius 1 is 1.12 bits per heavy atom. The van der Waals surface area contributed by atoms with Crippen molar-refractivity contribution in [2.24, 2.45) is 11.8 Å². The standard InChI is InChI=1S/C22H32BN3O6/c1-26(2)13-20(28)24-12-15-8-6-14(7-9-15)10-19(27)25-18-11-16-4-3-5-17(22(29)30)21(16)32-23(18)31/h3-5,14-15,18,31H,6-13H2,1-2H3,(H,24,28)(H,25,27)(H,29,30). The highest BCUT2D eigenvalue weighted by Crippen LogP contribution is 2.32. The van der Waals surface area contributed by atoms with Crippen LogP contribution in [0, 0.1) is 11.8 Å². The highest BCUT2D eigenvalue weighted by atomic mass is 16.5. The van der Waals surface area contributed by atoms with Crippen LogP contribution in [0.5, 0.6) is 5.75 Å². The molecule has 0 aromatic heterocycles. The van der Waals surface area contributed by atoms with Crippen molar-refractivity contribution in [3.63, 3.8) is 0 Å². The molecule has 1 aromatic carbocycles. The first-order valence-corrected chi connectivity index (χ1v) is 11.1. The Labute approximate surface area is 188 Å². The second-order valence-electron chi connectivity index (χ2n) is 9.12. The molecule has 1 atom stereocenters. The number of hydrogen-bond acceptors (Lipinski definition) is 6. The summed E-state index contributed by atoms with van der Waals surface area (Å²) in [5.74, 6) is -0.981. The number of nitrogens with zero attached hydrogens (tertiary/aromatic N) is 1. The van der Waals surface area contributed by atoms with E-state index in [2.05, 4.69) is 10.6 Å². The molecule has 2 aliphatic rings. The van der Waals surface area contributed by atoms with Gasteiger partial charge < -0.3 is 30.3 Å². The predicted molar refractivity (Wildman–Crippen MR) is 119 cm³/mol. The Kier molecular flexibility index (Phi) is 8.14. The van der Waals surface area contributed by atoms with Crippen molar-refractivity contribution in [2.45, 2.75) is 44.5 Å². The Hall–Kier alpha value is -2.59. The van der Waals surface area contributed by atoms with E-state index >= 15 is 0 Å². The van der Waals surface area contributed by atoms with E-state index in [-0.39, 0.29) is 29.0 Å². The van der Waals surface area contributed by atoms with Gasteiger partial charge >= 0.3 is 13.1 Å². The molecule has 1 unspecified atom stereocenters. The molecule has 4 N–H and O–H groups in total. The summed E-state index contributed by atoms with van der Waals surface area (Å²) in [6.07, 6.45) is 4.49. The fraction of sp³-hybridized carbons (Fsp3) is 0.591. The molecule has 0 radical (unpaired) electrons. The summed E-state index contributed by atoms with van der Waals surface area (Å²) in [6.45, 7) is 1.06. The van der Waals surface area contributed by atoms with Crippen molar-refractivity contribution in [1.82, 2.24) is 15.5 Å². The molecule has 1 heterocycles. The van der Waals surface area contributed by atoms with E-state index in [0.29, 0.717) is 37.4 Å². The Morgan fingerprint density at radius 2 is 1.81 bits per heavy atom. The number of carbonyl (C=O) groups excluding carboxylic acids is 2. The molecular weight excluding hydrogens is 413 g/mol. The van der Waals surface area contributed by atoms with Crippen LogP contribution in [0.1, 0.15) is 48.0 Å². The van der Waals surface area contributed by atoms with Gasteiger partial charge in [0.1, 0.15) is 5.75 Å². The highest BCUT2D eigenvalue weighted by Gasteiger charge is 2.38. The molecule has 174 valence electrons. The van der Waals surface area contributed by atoms with Crippen LogP contribution < -0.4 is 15.3 Å². The number of benzene rings is 1. The zero-order valence-electron chi connectivity index (χ0n) is 18.7. The monoisotopic (exact) mass is 445 g/mol. The van der Waals surface area contributed by atoms with Crippen molar-refractivity contribution in [2.75, 3.05) is 27.2 Å². The van der Waals surface area contributed by atoms with Crippen LogP contribution in [0.3, 0.4) is 0 Å². The topological polar surface area (TPSA) is 128 Å². The first-order valence-electron chi connectivity index (χ1n) is 11.1. The van der Waals surface area contributed by atoms with Gasteiger partial charge in [-0.05, 0) is 69.7 Å². The summed E-state index contributed by atoms with van der Waals surface area (Å²) in [4.78, 5) is 37.5. The van der Waals surface area contributed by atoms with Crippen molar-refractivity contribution in [3.8, 4) is 5.75 Å². The molecule has 1 aromatic rings. The third kappa shape index (κ3) is 6.46. The average Bonchev–Trinajstić information content (AvgIpc) is 2.72. The normalized spacial score (nSPS) is 22.6. The van der Waals surface area contributed by atoms with Gasteiger partial charge in [-0.1, -0.05) is 12.1 Å². The molecule has 1 saturated carbocycles. The molecule has 0 spiro atoms. The van der Waals surface area contributed by atoms with E-state index in [4.69, 9.17) is 4.65 Å². The fourth-order valence-corrected chi connectivity index (χ4v) is 4.49. The Bertz CT molecular complexity index is 841. The van der Waals surface area contributed by atoms with Gasteiger partial charge in [-0.15, -0.1) is 0 Å². The van der Waals surface area contributed by atoms with Crippen LogP contribution in [0.4, 0.5) is 0 Å². The number of likely N-dealkylation sites (N-methyl/N-ethyl adjacent to an activating group) is 1. The van der Waals surface area contributed by atoms with Crippen LogP contribution in [0.25, 0.3) is 0 Å². The van der Waals surface area contributed by atoms with Gasteiger partial charge in [0.25, 0.3) is 0 Å². The first-order chi connectivity index (χ1) is 15.2. The second kappa shape index (κ2) is 10.8. The van der Waals surface area contributed by atoms with E-state index in [1.807, 2.05) is 19.0 Å². The zero-order valence-corrected chi connectivity index (χ0v) is 18.7. The van der Waals surface area contributed by atoms with Gasteiger partial charge in [-0.3, -0.25) is 9.59 Å². The number of rotatable bonds is 8. The van der Waals surface area contributed by atoms with E-state index in [0.717, 1.165) is 25.7 Å². The van der Waals surface area contributed by atoms with Crippen molar-refractivity contribution in [3.05, 3.63) is 29.3 Å². The van der Waals surface area contributed by atoms with Gasteiger partial charge in [-0.2, -0.15) is 0 Å². The summed E-state index contributed by atoms with van der Waals surface area (Å²) in [6, 6.07) is 4.80. The number of fused-ring (bicyclic) bond motifs is 1. The third-order valence-electron chi connectivity index (χ3n) is 6.18. The number of hydrogen-bond donors (Lipinski definition) is 4. The van der Waals surface area contributed by atoms with Crippen LogP contribution in [-0.4, -0.2) is 73.1 Å². The molecule has 1 fully saturated rings. The van der Waals surface area contributed by atoms with Gasteiger partial charge in [0.15, 0.2) is 0 Å². The Morgan fingerprint density at radius 3 is 2.47 bits per heavy atom. The minimum Gasteiger partial charge on any atom is -0.534 e. The van der Waals surface area contributed by atoms with Crippen LogP contribution in [-0.2, 0) is 16.0 Å². The maximum atomic E-state index is 12.6. The lowest BCUT2D eigenvalue weighted by Crippen LogP contribution is -2.53. The molecule has 0 bridgehead atoms. The number of carboxylic acids is 1. The molecule has 32 heavy (non-hydrogen) atoms. The number of para-hydroxylation sites is 1. The van der Waals surface area contributed by atoms with Crippen molar-refractivity contribution >= 4 is 24.9 Å². The summed E-state index contributed by atoms with van der Waals surface area (Å²) < 4.78 is 5.43. The quantitative estimate of drug-likeness (QED) is 0.434. The lowest BCUT2D eigenvalue weighted by atomic mass is 9.72. The lowest BCUT2D eigenvalue weighted by Gasteiger charge is -2.31. The van der Waals surface area contributed by atoms with Gasteiger partial charge in [0, 0.05) is 13.0 Å². The lowest BCUT2D eigenvalue weighted by molar-refractivity contribution is -0.122. The molecule has 1 aliphatic carbocycles. The predicted octanol–water partition coefficient (Wildman–Crippen LogP) is 0.699. The minimum absolute atomic E-state index is 0.000917. The number of carbonyl (C=O) groups is 3. The maximum Gasteiger partial charge on any atom is 0.547 e. The van der Waals surface area contributed by atoms with Crippen molar-refractivity contribution < 1.29 is 29.2 Å². The van der Waals surface area contributed by atoms with Crippen LogP contribution in [0.15, 0.2) is 18.2 Å². The number of nitrogens with one attached hydrogen (secondary N) is 2. The van der Waals surface area contributed by atoms with E-state index in [1.165, 1.54) is 6.07 Å². The summed E-state index contributed by atoms with van der Waals surface area (Å²) in [5.41, 5.74) is 0.651. The minimum atomic E-state index is -1.30. The third-order valence-corrected chi connectivity index (χ3v) is 6.18. The molecule has 1 aliphatic heterocycles. The largest absolute Gasteiger partial charge is 0.547 e. The second-order valence-corrected chi connectivity index (χ2v) is 9.12. The van der Waals surface area contributed by atoms with Gasteiger partial charge in [0.2, 0.25) is 11.8 Å². The molecule has 10 heteroatoms. The SMILES string of the molecule is CN(C)CC(=O)NCC1CCC(CC(=O)NC2Cc3cccc(C(=O)O)c3OB2O)CC1. The smallest absolute Gasteiger partial charge is 0.534 e. The number of carboxylic acid groups (broad SMARTS) is 1. The molecular formula is C22H32BN3O6. The average molecular weight is 445 g/mol. The van der Waals surface area contributed by atoms with E-state index in [1.54, 1.807) is 12.1 Å².